The highest BCUT2D eigenvalue weighted by atomic mass is 19.1. The van der Waals surface area contributed by atoms with Crippen LogP contribution in [0, 0.1) is 5.82 Å². The average Bonchev–Trinajstić information content (AvgIpc) is 2.67. The molecule has 0 spiro atoms. The van der Waals surface area contributed by atoms with Gasteiger partial charge in [0, 0.05) is 37.8 Å². The highest BCUT2D eigenvalue weighted by Gasteiger charge is 2.36. The van der Waals surface area contributed by atoms with Crippen LogP contribution < -0.4 is 4.74 Å². The standard InChI is InChI=1S/C25H35FN2O/c1-18(2)20-9-7-8-10-21(20)23-17-27(13-14-28(23)25(3,4)5)16-19-11-12-24(29-6)22(26)15-19/h7-12,15,18,23H,13-14,16-17H2,1-6H3. The number of nitrogens with zero attached hydrogens (tertiary/aromatic N) is 2. The Bertz CT molecular complexity index is 828. The van der Waals surface area contributed by atoms with E-state index in [0.717, 1.165) is 31.7 Å². The van der Waals surface area contributed by atoms with Gasteiger partial charge in [0.25, 0.3) is 0 Å². The number of hydrogen-bond donors (Lipinski definition) is 0. The number of methoxy groups -OCH3 is 1. The zero-order valence-electron chi connectivity index (χ0n) is 18.7. The van der Waals surface area contributed by atoms with E-state index in [1.807, 2.05) is 6.07 Å². The smallest absolute Gasteiger partial charge is 0.165 e. The second kappa shape index (κ2) is 8.85. The number of hydrogen-bond acceptors (Lipinski definition) is 3. The molecular weight excluding hydrogens is 363 g/mol. The second-order valence-electron chi connectivity index (χ2n) is 9.37. The molecule has 2 aromatic carbocycles. The lowest BCUT2D eigenvalue weighted by Crippen LogP contribution is -2.55. The van der Waals surface area contributed by atoms with Gasteiger partial charge in [-0.15, -0.1) is 0 Å². The second-order valence-corrected chi connectivity index (χ2v) is 9.37. The number of halogens is 1. The number of piperazine rings is 1. The molecule has 1 aliphatic rings. The molecule has 0 bridgehead atoms. The molecule has 1 saturated heterocycles. The molecule has 3 nitrogen and oxygen atoms in total. The summed E-state index contributed by atoms with van der Waals surface area (Å²) in [4.78, 5) is 5.07. The lowest BCUT2D eigenvalue weighted by molar-refractivity contribution is 0.00552. The monoisotopic (exact) mass is 398 g/mol. The number of benzene rings is 2. The maximum Gasteiger partial charge on any atom is 0.165 e. The fraction of sp³-hybridized carbons (Fsp3) is 0.520. The van der Waals surface area contributed by atoms with Crippen LogP contribution in [0.1, 0.15) is 63.3 Å². The van der Waals surface area contributed by atoms with Gasteiger partial charge >= 0.3 is 0 Å². The van der Waals surface area contributed by atoms with Gasteiger partial charge in [-0.25, -0.2) is 4.39 Å². The lowest BCUT2D eigenvalue weighted by Gasteiger charge is -2.49. The Kier molecular flexibility index (Phi) is 6.65. The molecule has 1 fully saturated rings. The minimum Gasteiger partial charge on any atom is -0.494 e. The van der Waals surface area contributed by atoms with Gasteiger partial charge in [0.1, 0.15) is 0 Å². The van der Waals surface area contributed by atoms with Crippen molar-refractivity contribution in [3.05, 3.63) is 65.0 Å². The Balaban J connectivity index is 1.87. The molecular formula is C25H35FN2O. The molecule has 2 aromatic rings. The van der Waals surface area contributed by atoms with Crippen LogP contribution in [0.15, 0.2) is 42.5 Å². The van der Waals surface area contributed by atoms with E-state index in [2.05, 4.69) is 68.7 Å². The van der Waals surface area contributed by atoms with E-state index in [9.17, 15) is 4.39 Å². The van der Waals surface area contributed by atoms with Crippen molar-refractivity contribution in [1.82, 2.24) is 9.80 Å². The Hall–Kier alpha value is -1.91. The molecule has 0 aromatic heterocycles. The van der Waals surface area contributed by atoms with Crippen molar-refractivity contribution in [1.29, 1.82) is 0 Å². The minimum atomic E-state index is -0.292. The summed E-state index contributed by atoms with van der Waals surface area (Å²) in [6.45, 7) is 15.1. The molecule has 0 amide bonds. The van der Waals surface area contributed by atoms with Gasteiger partial charge in [0.2, 0.25) is 0 Å². The fourth-order valence-corrected chi connectivity index (χ4v) is 4.46. The predicted molar refractivity (Wildman–Crippen MR) is 118 cm³/mol. The van der Waals surface area contributed by atoms with Gasteiger partial charge in [-0.2, -0.15) is 0 Å². The summed E-state index contributed by atoms with van der Waals surface area (Å²) in [5.41, 5.74) is 3.92. The number of ether oxygens (including phenoxy) is 1. The van der Waals surface area contributed by atoms with Crippen molar-refractivity contribution in [2.24, 2.45) is 0 Å². The van der Waals surface area contributed by atoms with Crippen LogP contribution in [0.2, 0.25) is 0 Å². The largest absolute Gasteiger partial charge is 0.494 e. The van der Waals surface area contributed by atoms with Gasteiger partial charge in [-0.3, -0.25) is 9.80 Å². The molecule has 1 atom stereocenters. The molecule has 1 heterocycles. The Labute approximate surface area is 175 Å². The Morgan fingerprint density at radius 2 is 1.83 bits per heavy atom. The van der Waals surface area contributed by atoms with Crippen LogP contribution in [0.25, 0.3) is 0 Å². The van der Waals surface area contributed by atoms with Crippen molar-refractivity contribution in [3.8, 4) is 5.75 Å². The third-order valence-electron chi connectivity index (χ3n) is 5.93. The summed E-state index contributed by atoms with van der Waals surface area (Å²) >= 11 is 0. The van der Waals surface area contributed by atoms with E-state index in [4.69, 9.17) is 4.74 Å². The highest BCUT2D eigenvalue weighted by molar-refractivity contribution is 5.34. The van der Waals surface area contributed by atoms with Crippen LogP contribution in [-0.4, -0.2) is 42.1 Å². The molecule has 0 saturated carbocycles. The molecule has 29 heavy (non-hydrogen) atoms. The van der Waals surface area contributed by atoms with Crippen molar-refractivity contribution < 1.29 is 9.13 Å². The van der Waals surface area contributed by atoms with Gasteiger partial charge in [-0.1, -0.05) is 44.2 Å². The Morgan fingerprint density at radius 1 is 1.10 bits per heavy atom. The molecule has 4 heteroatoms. The summed E-state index contributed by atoms with van der Waals surface area (Å²) in [7, 11) is 1.50. The quantitative estimate of drug-likeness (QED) is 0.650. The van der Waals surface area contributed by atoms with Crippen molar-refractivity contribution >= 4 is 0 Å². The molecule has 0 aliphatic carbocycles. The first-order chi connectivity index (χ1) is 13.7. The van der Waals surface area contributed by atoms with E-state index >= 15 is 0 Å². The molecule has 0 N–H and O–H groups in total. The third kappa shape index (κ3) is 4.99. The van der Waals surface area contributed by atoms with E-state index in [-0.39, 0.29) is 11.4 Å². The van der Waals surface area contributed by atoms with E-state index < -0.39 is 0 Å². The first-order valence-electron chi connectivity index (χ1n) is 10.6. The summed E-state index contributed by atoms with van der Waals surface area (Å²) in [6, 6.07) is 14.5. The number of rotatable bonds is 5. The van der Waals surface area contributed by atoms with Crippen molar-refractivity contribution in [3.63, 3.8) is 0 Å². The van der Waals surface area contributed by atoms with Crippen molar-refractivity contribution in [2.75, 3.05) is 26.7 Å². The third-order valence-corrected chi connectivity index (χ3v) is 5.93. The van der Waals surface area contributed by atoms with E-state index in [1.54, 1.807) is 12.1 Å². The van der Waals surface area contributed by atoms with Gasteiger partial charge in [-0.05, 0) is 55.5 Å². The fourth-order valence-electron chi connectivity index (χ4n) is 4.46. The van der Waals surface area contributed by atoms with Gasteiger partial charge in [0.05, 0.1) is 7.11 Å². The summed E-state index contributed by atoms with van der Waals surface area (Å²) < 4.78 is 19.2. The normalized spacial score (nSPS) is 19.0. The first kappa shape index (κ1) is 21.8. The molecule has 0 radical (unpaired) electrons. The summed E-state index contributed by atoms with van der Waals surface area (Å²) in [5.74, 6) is 0.495. The summed E-state index contributed by atoms with van der Waals surface area (Å²) in [5, 5.41) is 0. The zero-order chi connectivity index (χ0) is 21.2. The first-order valence-corrected chi connectivity index (χ1v) is 10.6. The van der Waals surface area contributed by atoms with Crippen LogP contribution in [0.5, 0.6) is 5.75 Å². The van der Waals surface area contributed by atoms with Gasteiger partial charge < -0.3 is 4.74 Å². The SMILES string of the molecule is COc1ccc(CN2CCN(C(C)(C)C)C(c3ccccc3C(C)C)C2)cc1F. The van der Waals surface area contributed by atoms with Gasteiger partial charge in [0.15, 0.2) is 11.6 Å². The van der Waals surface area contributed by atoms with Crippen LogP contribution in [-0.2, 0) is 6.54 Å². The Morgan fingerprint density at radius 3 is 2.45 bits per heavy atom. The zero-order valence-corrected chi connectivity index (χ0v) is 18.7. The van der Waals surface area contributed by atoms with Crippen LogP contribution in [0.4, 0.5) is 4.39 Å². The molecule has 1 aliphatic heterocycles. The average molecular weight is 399 g/mol. The van der Waals surface area contributed by atoms with Crippen LogP contribution >= 0.6 is 0 Å². The maximum absolute atomic E-state index is 14.2. The molecule has 3 rings (SSSR count). The van der Waals surface area contributed by atoms with E-state index in [1.165, 1.54) is 18.2 Å². The highest BCUT2D eigenvalue weighted by Crippen LogP contribution is 2.36. The van der Waals surface area contributed by atoms with E-state index in [0.29, 0.717) is 17.7 Å². The molecule has 158 valence electrons. The topological polar surface area (TPSA) is 15.7 Å². The van der Waals surface area contributed by atoms with Crippen molar-refractivity contribution in [2.45, 2.75) is 58.7 Å². The minimum absolute atomic E-state index is 0.0903. The predicted octanol–water partition coefficient (Wildman–Crippen LogP) is 5.62. The molecule has 1 unspecified atom stereocenters. The summed E-state index contributed by atoms with van der Waals surface area (Å²) in [6.07, 6.45) is 0. The lowest BCUT2D eigenvalue weighted by atomic mass is 9.88. The maximum atomic E-state index is 14.2. The van der Waals surface area contributed by atoms with Crippen LogP contribution in [0.3, 0.4) is 0 Å².